The van der Waals surface area contributed by atoms with Crippen LogP contribution in [-0.4, -0.2) is 28.2 Å². The summed E-state index contributed by atoms with van der Waals surface area (Å²) in [7, 11) is 1.67. The fourth-order valence-corrected chi connectivity index (χ4v) is 2.86. The summed E-state index contributed by atoms with van der Waals surface area (Å²) in [5.74, 6) is 2.01. The molecular weight excluding hydrogens is 340 g/mol. The highest BCUT2D eigenvalue weighted by Gasteiger charge is 2.07. The number of rotatable bonds is 10. The molecule has 0 bridgehead atoms. The molecule has 6 heteroatoms. The molecule has 1 N–H and O–H groups in total. The van der Waals surface area contributed by atoms with Gasteiger partial charge in [-0.1, -0.05) is 13.0 Å². The molecule has 0 saturated carbocycles. The zero-order chi connectivity index (χ0) is 18.9. The second kappa shape index (κ2) is 9.73. The monoisotopic (exact) mass is 366 g/mol. The molecule has 27 heavy (non-hydrogen) atoms. The smallest absolute Gasteiger partial charge is 0.161 e. The summed E-state index contributed by atoms with van der Waals surface area (Å²) in [6.07, 6.45) is 9.18. The Morgan fingerprint density at radius 2 is 1.89 bits per heavy atom. The SMILES string of the molecule is COc1cc(CNCC(C)Cn2ccnc2)ccc1OCc1ccncc1. The van der Waals surface area contributed by atoms with E-state index in [4.69, 9.17) is 9.47 Å². The number of nitrogens with zero attached hydrogens (tertiary/aromatic N) is 3. The predicted molar refractivity (Wildman–Crippen MR) is 105 cm³/mol. The summed E-state index contributed by atoms with van der Waals surface area (Å²) >= 11 is 0. The zero-order valence-corrected chi connectivity index (χ0v) is 15.8. The van der Waals surface area contributed by atoms with E-state index in [2.05, 4.69) is 32.8 Å². The van der Waals surface area contributed by atoms with Crippen molar-refractivity contribution in [2.24, 2.45) is 5.92 Å². The highest BCUT2D eigenvalue weighted by atomic mass is 16.5. The Balaban J connectivity index is 1.49. The van der Waals surface area contributed by atoms with Crippen molar-refractivity contribution < 1.29 is 9.47 Å². The quantitative estimate of drug-likeness (QED) is 0.597. The second-order valence-corrected chi connectivity index (χ2v) is 6.62. The number of hydrogen-bond donors (Lipinski definition) is 1. The van der Waals surface area contributed by atoms with Gasteiger partial charge in [-0.05, 0) is 47.9 Å². The lowest BCUT2D eigenvalue weighted by Gasteiger charge is -2.15. The third-order valence-corrected chi connectivity index (χ3v) is 4.28. The average molecular weight is 366 g/mol. The normalized spacial score (nSPS) is 11.9. The van der Waals surface area contributed by atoms with Gasteiger partial charge in [0.25, 0.3) is 0 Å². The van der Waals surface area contributed by atoms with Gasteiger partial charge in [0, 0.05) is 37.9 Å². The number of methoxy groups -OCH3 is 1. The van der Waals surface area contributed by atoms with Crippen LogP contribution in [0.25, 0.3) is 0 Å². The maximum atomic E-state index is 5.89. The largest absolute Gasteiger partial charge is 0.493 e. The first kappa shape index (κ1) is 18.9. The van der Waals surface area contributed by atoms with E-state index in [1.807, 2.05) is 43.0 Å². The third kappa shape index (κ3) is 5.82. The molecule has 2 aromatic heterocycles. The average Bonchev–Trinajstić information content (AvgIpc) is 3.20. The van der Waals surface area contributed by atoms with Crippen LogP contribution in [0, 0.1) is 5.92 Å². The Bertz CT molecular complexity index is 806. The van der Waals surface area contributed by atoms with Crippen LogP contribution in [0.2, 0.25) is 0 Å². The molecular formula is C21H26N4O2. The zero-order valence-electron chi connectivity index (χ0n) is 15.8. The van der Waals surface area contributed by atoms with Crippen LogP contribution in [0.1, 0.15) is 18.1 Å². The molecule has 6 nitrogen and oxygen atoms in total. The highest BCUT2D eigenvalue weighted by Crippen LogP contribution is 2.28. The minimum atomic E-state index is 0.488. The van der Waals surface area contributed by atoms with Crippen molar-refractivity contribution in [3.05, 3.63) is 72.6 Å². The molecule has 0 aliphatic carbocycles. The van der Waals surface area contributed by atoms with E-state index in [1.165, 1.54) is 0 Å². The van der Waals surface area contributed by atoms with Crippen LogP contribution < -0.4 is 14.8 Å². The Hall–Kier alpha value is -2.86. The lowest BCUT2D eigenvalue weighted by atomic mass is 10.1. The van der Waals surface area contributed by atoms with E-state index >= 15 is 0 Å². The molecule has 0 radical (unpaired) electrons. The fraction of sp³-hybridized carbons (Fsp3) is 0.333. The van der Waals surface area contributed by atoms with Gasteiger partial charge in [0.1, 0.15) is 6.61 Å². The van der Waals surface area contributed by atoms with E-state index in [1.54, 1.807) is 19.5 Å². The molecule has 0 spiro atoms. The molecule has 3 aromatic rings. The van der Waals surface area contributed by atoms with Crippen molar-refractivity contribution >= 4 is 0 Å². The Labute approximate surface area is 160 Å². The molecule has 0 aliphatic heterocycles. The molecule has 0 saturated heterocycles. The van der Waals surface area contributed by atoms with Crippen molar-refractivity contribution in [3.8, 4) is 11.5 Å². The first-order chi connectivity index (χ1) is 13.2. The summed E-state index contributed by atoms with van der Waals surface area (Å²) in [5.41, 5.74) is 2.24. The Kier molecular flexibility index (Phi) is 6.82. The number of hydrogen-bond acceptors (Lipinski definition) is 5. The maximum absolute atomic E-state index is 5.89. The summed E-state index contributed by atoms with van der Waals surface area (Å²) in [6, 6.07) is 9.94. The third-order valence-electron chi connectivity index (χ3n) is 4.28. The molecule has 1 atom stereocenters. The van der Waals surface area contributed by atoms with E-state index in [9.17, 15) is 0 Å². The van der Waals surface area contributed by atoms with E-state index in [0.29, 0.717) is 12.5 Å². The Morgan fingerprint density at radius 3 is 2.63 bits per heavy atom. The topological polar surface area (TPSA) is 61.2 Å². The van der Waals surface area contributed by atoms with Crippen LogP contribution in [-0.2, 0) is 19.7 Å². The van der Waals surface area contributed by atoms with E-state index in [-0.39, 0.29) is 0 Å². The van der Waals surface area contributed by atoms with Crippen LogP contribution in [0.15, 0.2) is 61.4 Å². The summed E-state index contributed by atoms with van der Waals surface area (Å²) in [6.45, 7) is 5.39. The molecule has 0 aliphatic rings. The molecule has 3 rings (SSSR count). The van der Waals surface area contributed by atoms with Crippen molar-refractivity contribution in [3.63, 3.8) is 0 Å². The van der Waals surface area contributed by atoms with Crippen molar-refractivity contribution in [2.45, 2.75) is 26.6 Å². The van der Waals surface area contributed by atoms with Crippen molar-refractivity contribution in [2.75, 3.05) is 13.7 Å². The van der Waals surface area contributed by atoms with Gasteiger partial charge in [0.05, 0.1) is 13.4 Å². The molecule has 2 heterocycles. The van der Waals surface area contributed by atoms with Crippen molar-refractivity contribution in [1.82, 2.24) is 19.9 Å². The van der Waals surface area contributed by atoms with Crippen LogP contribution >= 0.6 is 0 Å². The summed E-state index contributed by atoms with van der Waals surface area (Å²) in [5, 5.41) is 3.51. The molecule has 0 amide bonds. The molecule has 142 valence electrons. The standard InChI is InChI=1S/C21H26N4O2/c1-17(14-25-10-9-23-16-25)12-24-13-19-3-4-20(21(11-19)26-2)27-15-18-5-7-22-8-6-18/h3-11,16-17,24H,12-15H2,1-2H3. The summed E-state index contributed by atoms with van der Waals surface area (Å²) in [4.78, 5) is 8.09. The van der Waals surface area contributed by atoms with Gasteiger partial charge < -0.3 is 19.4 Å². The van der Waals surface area contributed by atoms with E-state index in [0.717, 1.165) is 42.3 Å². The lowest BCUT2D eigenvalue weighted by molar-refractivity contribution is 0.284. The predicted octanol–water partition coefficient (Wildman–Crippen LogP) is 3.29. The second-order valence-electron chi connectivity index (χ2n) is 6.62. The van der Waals surface area contributed by atoms with E-state index < -0.39 is 0 Å². The van der Waals surface area contributed by atoms with Gasteiger partial charge in [-0.3, -0.25) is 4.98 Å². The number of pyridine rings is 1. The lowest BCUT2D eigenvalue weighted by Crippen LogP contribution is -2.23. The number of benzene rings is 1. The number of ether oxygens (including phenoxy) is 2. The highest BCUT2D eigenvalue weighted by molar-refractivity contribution is 5.43. The minimum Gasteiger partial charge on any atom is -0.493 e. The van der Waals surface area contributed by atoms with Gasteiger partial charge in [-0.2, -0.15) is 0 Å². The fourth-order valence-electron chi connectivity index (χ4n) is 2.86. The van der Waals surface area contributed by atoms with Crippen LogP contribution in [0.5, 0.6) is 11.5 Å². The Morgan fingerprint density at radius 1 is 1.04 bits per heavy atom. The number of aromatic nitrogens is 3. The van der Waals surface area contributed by atoms with Crippen molar-refractivity contribution in [1.29, 1.82) is 0 Å². The van der Waals surface area contributed by atoms with Gasteiger partial charge in [-0.15, -0.1) is 0 Å². The van der Waals surface area contributed by atoms with Gasteiger partial charge >= 0.3 is 0 Å². The molecule has 1 unspecified atom stereocenters. The molecule has 1 aromatic carbocycles. The first-order valence-electron chi connectivity index (χ1n) is 9.09. The van der Waals surface area contributed by atoms with Crippen LogP contribution in [0.3, 0.4) is 0 Å². The van der Waals surface area contributed by atoms with Gasteiger partial charge in [-0.25, -0.2) is 4.98 Å². The maximum Gasteiger partial charge on any atom is 0.161 e. The van der Waals surface area contributed by atoms with Gasteiger partial charge in [0.15, 0.2) is 11.5 Å². The minimum absolute atomic E-state index is 0.488. The molecule has 0 fully saturated rings. The number of imidazole rings is 1. The van der Waals surface area contributed by atoms with Crippen LogP contribution in [0.4, 0.5) is 0 Å². The first-order valence-corrected chi connectivity index (χ1v) is 9.09. The van der Waals surface area contributed by atoms with Gasteiger partial charge in [0.2, 0.25) is 0 Å². The number of nitrogens with one attached hydrogen (secondary N) is 1. The summed E-state index contributed by atoms with van der Waals surface area (Å²) < 4.78 is 13.5.